The Morgan fingerprint density at radius 2 is 1.79 bits per heavy atom. The predicted octanol–water partition coefficient (Wildman–Crippen LogP) is 4.60. The van der Waals surface area contributed by atoms with Gasteiger partial charge in [0.15, 0.2) is 0 Å². The van der Waals surface area contributed by atoms with Crippen molar-refractivity contribution in [3.63, 3.8) is 0 Å². The highest BCUT2D eigenvalue weighted by Crippen LogP contribution is 2.19. The summed E-state index contributed by atoms with van der Waals surface area (Å²) >= 11 is 9.26. The van der Waals surface area contributed by atoms with Crippen molar-refractivity contribution in [1.82, 2.24) is 0 Å². The van der Waals surface area contributed by atoms with Crippen LogP contribution < -0.4 is 0 Å². The van der Waals surface area contributed by atoms with Gasteiger partial charge in [-0.1, -0.05) is 45.7 Å². The minimum absolute atomic E-state index is 0.0647. The van der Waals surface area contributed by atoms with E-state index in [0.717, 1.165) is 10.0 Å². The molecule has 0 atom stereocenters. The minimum Gasteiger partial charge on any atom is -0.299 e. The monoisotopic (exact) mass is 340 g/mol. The number of hydrogen-bond acceptors (Lipinski definition) is 1. The van der Waals surface area contributed by atoms with Gasteiger partial charge < -0.3 is 0 Å². The normalized spacial score (nSPS) is 10.5. The van der Waals surface area contributed by atoms with E-state index in [0.29, 0.717) is 10.6 Å². The van der Waals surface area contributed by atoms with Crippen LogP contribution in [0.1, 0.15) is 11.1 Å². The van der Waals surface area contributed by atoms with Crippen LogP contribution in [0, 0.1) is 5.82 Å². The van der Waals surface area contributed by atoms with E-state index >= 15 is 0 Å². The molecular weight excluding hydrogens is 331 g/mol. The lowest BCUT2D eigenvalue weighted by Crippen LogP contribution is -2.08. The van der Waals surface area contributed by atoms with E-state index in [2.05, 4.69) is 15.9 Å². The molecule has 0 aromatic heterocycles. The first-order valence-corrected chi connectivity index (χ1v) is 6.92. The van der Waals surface area contributed by atoms with Gasteiger partial charge in [-0.15, -0.1) is 0 Å². The number of rotatable bonds is 4. The summed E-state index contributed by atoms with van der Waals surface area (Å²) in [6.07, 6.45) is 0.280. The summed E-state index contributed by atoms with van der Waals surface area (Å²) in [7, 11) is 0. The van der Waals surface area contributed by atoms with Crippen molar-refractivity contribution in [2.75, 3.05) is 0 Å². The maximum absolute atomic E-state index is 13.5. The van der Waals surface area contributed by atoms with E-state index in [4.69, 9.17) is 11.6 Å². The Morgan fingerprint density at radius 3 is 2.53 bits per heavy atom. The van der Waals surface area contributed by atoms with E-state index in [1.54, 1.807) is 24.3 Å². The predicted molar refractivity (Wildman–Crippen MR) is 78.0 cm³/mol. The lowest BCUT2D eigenvalue weighted by Gasteiger charge is -2.05. The lowest BCUT2D eigenvalue weighted by atomic mass is 10.0. The zero-order valence-corrected chi connectivity index (χ0v) is 12.3. The maximum Gasteiger partial charge on any atom is 0.141 e. The molecule has 19 heavy (non-hydrogen) atoms. The third kappa shape index (κ3) is 3.88. The standard InChI is InChI=1S/C15H11BrClFO/c16-12-5-6-15(18)11(7-12)9-13(19)8-10-3-1-2-4-14(10)17/h1-7H,8-9H2. The Balaban J connectivity index is 2.10. The second-order valence-electron chi connectivity index (χ2n) is 4.22. The molecule has 0 saturated carbocycles. The molecule has 0 N–H and O–H groups in total. The van der Waals surface area contributed by atoms with E-state index in [-0.39, 0.29) is 24.4 Å². The second kappa shape index (κ2) is 6.31. The fourth-order valence-corrected chi connectivity index (χ4v) is 2.42. The van der Waals surface area contributed by atoms with Gasteiger partial charge in [-0.3, -0.25) is 4.79 Å². The van der Waals surface area contributed by atoms with Crippen molar-refractivity contribution < 1.29 is 9.18 Å². The molecule has 0 heterocycles. The van der Waals surface area contributed by atoms with Gasteiger partial charge in [-0.05, 0) is 35.4 Å². The van der Waals surface area contributed by atoms with Crippen LogP contribution >= 0.6 is 27.5 Å². The average Bonchev–Trinajstić information content (AvgIpc) is 2.37. The number of ketones is 1. The highest BCUT2D eigenvalue weighted by Gasteiger charge is 2.11. The third-order valence-electron chi connectivity index (χ3n) is 2.74. The molecule has 0 amide bonds. The Hall–Kier alpha value is -1.19. The van der Waals surface area contributed by atoms with Crippen LogP contribution in [0.3, 0.4) is 0 Å². The number of carbonyl (C=O) groups is 1. The van der Waals surface area contributed by atoms with E-state index < -0.39 is 0 Å². The molecule has 0 unspecified atom stereocenters. The Labute approximate surface area is 124 Å². The molecule has 0 radical (unpaired) electrons. The highest BCUT2D eigenvalue weighted by molar-refractivity contribution is 9.10. The van der Waals surface area contributed by atoms with Crippen molar-refractivity contribution in [3.05, 3.63) is 68.9 Å². The van der Waals surface area contributed by atoms with Crippen LogP contribution in [0.5, 0.6) is 0 Å². The van der Waals surface area contributed by atoms with Crippen molar-refractivity contribution in [2.45, 2.75) is 12.8 Å². The van der Waals surface area contributed by atoms with Crippen LogP contribution in [0.2, 0.25) is 5.02 Å². The van der Waals surface area contributed by atoms with Crippen molar-refractivity contribution >= 4 is 33.3 Å². The number of halogens is 3. The van der Waals surface area contributed by atoms with Crippen LogP contribution in [0.15, 0.2) is 46.9 Å². The van der Waals surface area contributed by atoms with Gasteiger partial charge in [0.1, 0.15) is 11.6 Å². The molecular formula is C15H11BrClFO. The molecule has 2 aromatic carbocycles. The summed E-state index contributed by atoms with van der Waals surface area (Å²) < 4.78 is 14.3. The van der Waals surface area contributed by atoms with Crippen LogP contribution in [-0.2, 0) is 17.6 Å². The van der Waals surface area contributed by atoms with Gasteiger partial charge in [0.25, 0.3) is 0 Å². The molecule has 0 aliphatic heterocycles. The Kier molecular flexibility index (Phi) is 4.72. The first kappa shape index (κ1) is 14.2. The first-order chi connectivity index (χ1) is 9.06. The van der Waals surface area contributed by atoms with Gasteiger partial charge in [-0.2, -0.15) is 0 Å². The van der Waals surface area contributed by atoms with Crippen molar-refractivity contribution in [3.8, 4) is 0 Å². The molecule has 0 spiro atoms. The zero-order chi connectivity index (χ0) is 13.8. The van der Waals surface area contributed by atoms with Gasteiger partial charge in [0.05, 0.1) is 0 Å². The molecule has 0 fully saturated rings. The highest BCUT2D eigenvalue weighted by atomic mass is 79.9. The number of carbonyl (C=O) groups excluding carboxylic acids is 1. The molecule has 0 bridgehead atoms. The fraction of sp³-hybridized carbons (Fsp3) is 0.133. The summed E-state index contributed by atoms with van der Waals surface area (Å²) in [4.78, 5) is 12.0. The molecule has 2 aromatic rings. The van der Waals surface area contributed by atoms with Gasteiger partial charge in [0.2, 0.25) is 0 Å². The van der Waals surface area contributed by atoms with Gasteiger partial charge in [0, 0.05) is 22.3 Å². The van der Waals surface area contributed by atoms with E-state index in [1.807, 2.05) is 12.1 Å². The van der Waals surface area contributed by atoms with Gasteiger partial charge >= 0.3 is 0 Å². The van der Waals surface area contributed by atoms with E-state index in [9.17, 15) is 9.18 Å². The largest absolute Gasteiger partial charge is 0.299 e. The molecule has 4 heteroatoms. The summed E-state index contributed by atoms with van der Waals surface area (Å²) in [6.45, 7) is 0. The lowest BCUT2D eigenvalue weighted by molar-refractivity contribution is -0.117. The van der Waals surface area contributed by atoms with Crippen LogP contribution in [-0.4, -0.2) is 5.78 Å². The smallest absolute Gasteiger partial charge is 0.141 e. The number of hydrogen-bond donors (Lipinski definition) is 0. The summed E-state index contributed by atoms with van der Waals surface area (Å²) in [5.41, 5.74) is 1.16. The quantitative estimate of drug-likeness (QED) is 0.794. The molecule has 0 saturated heterocycles. The Morgan fingerprint density at radius 1 is 1.11 bits per heavy atom. The maximum atomic E-state index is 13.5. The van der Waals surface area contributed by atoms with Crippen LogP contribution in [0.25, 0.3) is 0 Å². The molecule has 0 aliphatic rings. The topological polar surface area (TPSA) is 17.1 Å². The molecule has 1 nitrogen and oxygen atoms in total. The third-order valence-corrected chi connectivity index (χ3v) is 3.60. The zero-order valence-electron chi connectivity index (χ0n) is 10.00. The second-order valence-corrected chi connectivity index (χ2v) is 5.54. The Bertz CT molecular complexity index is 613. The number of Topliss-reactive ketones (excluding diaryl/α,β-unsaturated/α-hetero) is 1. The SMILES string of the molecule is O=C(Cc1cc(Br)ccc1F)Cc1ccccc1Cl. The summed E-state index contributed by atoms with van der Waals surface area (Å²) in [6, 6.07) is 11.8. The van der Waals surface area contributed by atoms with Gasteiger partial charge in [-0.25, -0.2) is 4.39 Å². The molecule has 2 rings (SSSR count). The molecule has 98 valence electrons. The molecule has 0 aliphatic carbocycles. The summed E-state index contributed by atoms with van der Waals surface area (Å²) in [5, 5.41) is 0.561. The number of benzene rings is 2. The van der Waals surface area contributed by atoms with Crippen molar-refractivity contribution in [1.29, 1.82) is 0 Å². The summed E-state index contributed by atoms with van der Waals surface area (Å²) in [5.74, 6) is -0.430. The van der Waals surface area contributed by atoms with Crippen LogP contribution in [0.4, 0.5) is 4.39 Å². The fourth-order valence-electron chi connectivity index (χ4n) is 1.81. The van der Waals surface area contributed by atoms with Crippen molar-refractivity contribution in [2.24, 2.45) is 0 Å². The van der Waals surface area contributed by atoms with E-state index in [1.165, 1.54) is 6.07 Å². The first-order valence-electron chi connectivity index (χ1n) is 5.75. The minimum atomic E-state index is -0.365. The average molecular weight is 342 g/mol.